The molecule has 5 rings (SSSR count). The van der Waals surface area contributed by atoms with Gasteiger partial charge in [0.05, 0.1) is 5.41 Å². The molecule has 2 aliphatic rings. The van der Waals surface area contributed by atoms with E-state index in [0.717, 1.165) is 46.3 Å². The van der Waals surface area contributed by atoms with Gasteiger partial charge in [-0.05, 0) is 84.8 Å². The highest BCUT2D eigenvalue weighted by Gasteiger charge is 2.51. The number of nitrogens with two attached hydrogens (primary N) is 1. The Hall–Kier alpha value is -3.80. The smallest absolute Gasteiger partial charge is 0.248 e. The molecule has 1 aliphatic heterocycles. The molecule has 1 fully saturated rings. The van der Waals surface area contributed by atoms with Gasteiger partial charge in [-0.2, -0.15) is 0 Å². The summed E-state index contributed by atoms with van der Waals surface area (Å²) in [5.74, 6) is 0.933. The summed E-state index contributed by atoms with van der Waals surface area (Å²) in [6.07, 6.45) is 1.59. The van der Waals surface area contributed by atoms with Crippen LogP contribution in [0.25, 0.3) is 11.1 Å². The third kappa shape index (κ3) is 3.38. The number of carbonyl (C=O) groups is 2. The van der Waals surface area contributed by atoms with Crippen LogP contribution in [0.1, 0.15) is 39.9 Å². The first kappa shape index (κ1) is 20.1. The minimum absolute atomic E-state index is 0.0154. The summed E-state index contributed by atoms with van der Waals surface area (Å²) in [5.41, 5.74) is 11.0. The van der Waals surface area contributed by atoms with Crippen molar-refractivity contribution < 1.29 is 19.1 Å². The van der Waals surface area contributed by atoms with Crippen molar-refractivity contribution in [1.82, 2.24) is 0 Å². The molecule has 0 bridgehead atoms. The number of hydrogen-bond acceptors (Lipinski definition) is 4. The number of benzene rings is 3. The molecule has 0 aromatic heterocycles. The molecule has 2 amide bonds. The van der Waals surface area contributed by atoms with E-state index in [4.69, 9.17) is 15.2 Å². The molecule has 162 valence electrons. The van der Waals surface area contributed by atoms with Crippen molar-refractivity contribution in [1.29, 1.82) is 0 Å². The molecule has 6 nitrogen and oxygen atoms in total. The zero-order valence-electron chi connectivity index (χ0n) is 18.0. The average Bonchev–Trinajstić information content (AvgIpc) is 3.46. The standard InChI is InChI=1S/C26H24N2O4/c1-15-11-16(2)21(13-20(15)17-3-5-18(6-4-17)24(27)29)28-25(30)26(9-10-26)19-7-8-22-23(12-19)32-14-31-22/h3-8,11-13H,9-10,14H2,1-2H3,(H2,27,29)(H,28,30). The number of primary amides is 1. The van der Waals surface area contributed by atoms with Crippen molar-refractivity contribution >= 4 is 17.5 Å². The van der Waals surface area contributed by atoms with Crippen LogP contribution in [-0.2, 0) is 10.2 Å². The van der Waals surface area contributed by atoms with Crippen LogP contribution in [0.3, 0.4) is 0 Å². The topological polar surface area (TPSA) is 90.7 Å². The molecule has 1 heterocycles. The van der Waals surface area contributed by atoms with E-state index >= 15 is 0 Å². The number of carbonyl (C=O) groups excluding carboxylic acids is 2. The largest absolute Gasteiger partial charge is 0.454 e. The minimum Gasteiger partial charge on any atom is -0.454 e. The number of rotatable bonds is 5. The maximum absolute atomic E-state index is 13.4. The van der Waals surface area contributed by atoms with E-state index in [0.29, 0.717) is 17.1 Å². The predicted molar refractivity (Wildman–Crippen MR) is 122 cm³/mol. The zero-order valence-corrected chi connectivity index (χ0v) is 18.0. The van der Waals surface area contributed by atoms with Gasteiger partial charge in [-0.15, -0.1) is 0 Å². The fraction of sp³-hybridized carbons (Fsp3) is 0.231. The molecule has 0 spiro atoms. The Balaban J connectivity index is 1.43. The summed E-state index contributed by atoms with van der Waals surface area (Å²) in [4.78, 5) is 24.7. The van der Waals surface area contributed by atoms with Gasteiger partial charge in [0.15, 0.2) is 11.5 Å². The van der Waals surface area contributed by atoms with Gasteiger partial charge in [-0.3, -0.25) is 9.59 Å². The van der Waals surface area contributed by atoms with Gasteiger partial charge in [0.25, 0.3) is 0 Å². The van der Waals surface area contributed by atoms with Gasteiger partial charge in [-0.1, -0.05) is 24.3 Å². The third-order valence-electron chi connectivity index (χ3n) is 6.41. The molecular formula is C26H24N2O4. The second-order valence-corrected chi connectivity index (χ2v) is 8.53. The van der Waals surface area contributed by atoms with Crippen molar-refractivity contribution in [3.8, 4) is 22.6 Å². The monoisotopic (exact) mass is 428 g/mol. The molecule has 1 saturated carbocycles. The van der Waals surface area contributed by atoms with Crippen LogP contribution in [-0.4, -0.2) is 18.6 Å². The highest BCUT2D eigenvalue weighted by molar-refractivity contribution is 6.02. The Morgan fingerprint density at radius 3 is 2.31 bits per heavy atom. The van der Waals surface area contributed by atoms with E-state index < -0.39 is 11.3 Å². The zero-order chi connectivity index (χ0) is 22.5. The van der Waals surface area contributed by atoms with Crippen molar-refractivity contribution in [3.05, 3.63) is 76.9 Å². The summed E-state index contributed by atoms with van der Waals surface area (Å²) in [5, 5.41) is 3.16. The first-order valence-electron chi connectivity index (χ1n) is 10.6. The Morgan fingerprint density at radius 1 is 0.906 bits per heavy atom. The lowest BCUT2D eigenvalue weighted by molar-refractivity contribution is -0.118. The highest BCUT2D eigenvalue weighted by Crippen LogP contribution is 2.51. The van der Waals surface area contributed by atoms with Gasteiger partial charge in [0.1, 0.15) is 0 Å². The lowest BCUT2D eigenvalue weighted by Gasteiger charge is -2.19. The Morgan fingerprint density at radius 2 is 1.62 bits per heavy atom. The summed E-state index contributed by atoms with van der Waals surface area (Å²) < 4.78 is 10.9. The van der Waals surface area contributed by atoms with Gasteiger partial charge in [-0.25, -0.2) is 0 Å². The van der Waals surface area contributed by atoms with Gasteiger partial charge in [0.2, 0.25) is 18.6 Å². The molecule has 0 atom stereocenters. The van der Waals surface area contributed by atoms with Gasteiger partial charge < -0.3 is 20.5 Å². The van der Waals surface area contributed by atoms with Crippen molar-refractivity contribution in [2.24, 2.45) is 5.73 Å². The molecule has 3 aromatic carbocycles. The number of ether oxygens (including phenoxy) is 2. The number of nitrogens with one attached hydrogen (secondary N) is 1. The third-order valence-corrected chi connectivity index (χ3v) is 6.41. The molecule has 1 aliphatic carbocycles. The SMILES string of the molecule is Cc1cc(C)c(-c2ccc(C(N)=O)cc2)cc1NC(=O)C1(c2ccc3c(c2)OCO3)CC1. The Labute approximate surface area is 186 Å². The van der Waals surface area contributed by atoms with E-state index in [-0.39, 0.29) is 12.7 Å². The molecule has 0 unspecified atom stereocenters. The molecule has 3 N–H and O–H groups in total. The fourth-order valence-corrected chi connectivity index (χ4v) is 4.32. The van der Waals surface area contributed by atoms with Crippen LogP contribution >= 0.6 is 0 Å². The van der Waals surface area contributed by atoms with Crippen molar-refractivity contribution in [3.63, 3.8) is 0 Å². The summed E-state index contributed by atoms with van der Waals surface area (Å²) in [6.45, 7) is 4.23. The highest BCUT2D eigenvalue weighted by atomic mass is 16.7. The number of anilines is 1. The first-order chi connectivity index (χ1) is 15.4. The summed E-state index contributed by atoms with van der Waals surface area (Å²) in [6, 6.07) is 17.0. The second kappa shape index (κ2) is 7.41. The summed E-state index contributed by atoms with van der Waals surface area (Å²) >= 11 is 0. The molecule has 32 heavy (non-hydrogen) atoms. The lowest BCUT2D eigenvalue weighted by atomic mass is 9.93. The Kier molecular flexibility index (Phi) is 4.66. The molecule has 0 radical (unpaired) electrons. The van der Waals surface area contributed by atoms with Crippen LogP contribution in [0.15, 0.2) is 54.6 Å². The Bertz CT molecular complexity index is 1240. The first-order valence-corrected chi connectivity index (χ1v) is 10.6. The van der Waals surface area contributed by atoms with Crippen molar-refractivity contribution in [2.75, 3.05) is 12.1 Å². The van der Waals surface area contributed by atoms with E-state index in [2.05, 4.69) is 11.4 Å². The van der Waals surface area contributed by atoms with E-state index in [1.54, 1.807) is 12.1 Å². The molecule has 0 saturated heterocycles. The van der Waals surface area contributed by atoms with E-state index in [1.165, 1.54) is 0 Å². The van der Waals surface area contributed by atoms with Crippen LogP contribution in [0.4, 0.5) is 5.69 Å². The fourth-order valence-electron chi connectivity index (χ4n) is 4.32. The van der Waals surface area contributed by atoms with E-state index in [9.17, 15) is 9.59 Å². The quantitative estimate of drug-likeness (QED) is 0.627. The number of aryl methyl sites for hydroxylation is 2. The maximum Gasteiger partial charge on any atom is 0.248 e. The number of hydrogen-bond donors (Lipinski definition) is 2. The minimum atomic E-state index is -0.540. The predicted octanol–water partition coefficient (Wildman–Crippen LogP) is 4.47. The van der Waals surface area contributed by atoms with Gasteiger partial charge >= 0.3 is 0 Å². The van der Waals surface area contributed by atoms with Crippen molar-refractivity contribution in [2.45, 2.75) is 32.1 Å². The lowest BCUT2D eigenvalue weighted by Crippen LogP contribution is -2.28. The van der Waals surface area contributed by atoms with Crippen LogP contribution < -0.4 is 20.5 Å². The van der Waals surface area contributed by atoms with E-state index in [1.807, 2.05) is 50.2 Å². The normalized spacial score (nSPS) is 15.3. The average molecular weight is 428 g/mol. The number of fused-ring (bicyclic) bond motifs is 1. The van der Waals surface area contributed by atoms with Crippen LogP contribution in [0.5, 0.6) is 11.5 Å². The maximum atomic E-state index is 13.4. The molecule has 6 heteroatoms. The molecular weight excluding hydrogens is 404 g/mol. The number of amides is 2. The summed E-state index contributed by atoms with van der Waals surface area (Å²) in [7, 11) is 0. The van der Waals surface area contributed by atoms with Gasteiger partial charge in [0, 0.05) is 11.3 Å². The van der Waals surface area contributed by atoms with Crippen LogP contribution in [0.2, 0.25) is 0 Å². The molecule has 3 aromatic rings. The second-order valence-electron chi connectivity index (χ2n) is 8.53. The van der Waals surface area contributed by atoms with Crippen LogP contribution in [0, 0.1) is 13.8 Å².